The molecule has 2 nitrogen and oxygen atoms in total. The maximum atomic E-state index is 5.76. The van der Waals surface area contributed by atoms with Crippen molar-refractivity contribution >= 4 is 11.6 Å². The van der Waals surface area contributed by atoms with Crippen molar-refractivity contribution < 1.29 is 0 Å². The normalized spacial score (nSPS) is 24.2. The summed E-state index contributed by atoms with van der Waals surface area (Å²) in [5, 5.41) is 0. The molecule has 0 aromatic heterocycles. The van der Waals surface area contributed by atoms with Crippen molar-refractivity contribution in [3.05, 3.63) is 0 Å². The van der Waals surface area contributed by atoms with E-state index in [4.69, 9.17) is 11.6 Å². The maximum Gasteiger partial charge on any atom is 0.0261 e. The van der Waals surface area contributed by atoms with E-state index < -0.39 is 0 Å². The van der Waals surface area contributed by atoms with E-state index in [-0.39, 0.29) is 0 Å². The minimum absolute atomic E-state index is 0.634. The lowest BCUT2D eigenvalue weighted by Crippen LogP contribution is -2.45. The Morgan fingerprint density at radius 1 is 1.25 bits per heavy atom. The maximum absolute atomic E-state index is 5.76. The Bertz CT molecular complexity index is 122. The van der Waals surface area contributed by atoms with Gasteiger partial charge in [-0.15, -0.1) is 11.6 Å². The van der Waals surface area contributed by atoms with Crippen LogP contribution in [0.1, 0.15) is 6.92 Å². The van der Waals surface area contributed by atoms with Crippen molar-refractivity contribution in [3.8, 4) is 0 Å². The second kappa shape index (κ2) is 5.05. The monoisotopic (exact) mass is 190 g/mol. The van der Waals surface area contributed by atoms with Gasteiger partial charge in [-0.25, -0.2) is 0 Å². The topological polar surface area (TPSA) is 6.48 Å². The lowest BCUT2D eigenvalue weighted by Gasteiger charge is -2.33. The van der Waals surface area contributed by atoms with Gasteiger partial charge in [-0.1, -0.05) is 6.92 Å². The van der Waals surface area contributed by atoms with Crippen molar-refractivity contribution in [2.75, 3.05) is 45.7 Å². The van der Waals surface area contributed by atoms with Gasteiger partial charge in [-0.3, -0.25) is 0 Å². The average molecular weight is 191 g/mol. The Labute approximate surface area is 80.5 Å². The minimum atomic E-state index is 0.634. The Kier molecular flexibility index (Phi) is 4.33. The van der Waals surface area contributed by atoms with Crippen LogP contribution in [0.3, 0.4) is 0 Å². The molecule has 3 heteroatoms. The van der Waals surface area contributed by atoms with Gasteiger partial charge in [-0.05, 0) is 13.0 Å². The van der Waals surface area contributed by atoms with Gasteiger partial charge in [0, 0.05) is 38.6 Å². The molecule has 1 rings (SSSR count). The molecule has 0 N–H and O–H groups in total. The van der Waals surface area contributed by atoms with Crippen LogP contribution in [-0.4, -0.2) is 55.5 Å². The third kappa shape index (κ3) is 3.30. The number of likely N-dealkylation sites (N-methyl/N-ethyl adjacent to an activating group) is 1. The van der Waals surface area contributed by atoms with Crippen molar-refractivity contribution in [3.63, 3.8) is 0 Å². The predicted octanol–water partition coefficient (Wildman–Crippen LogP) is 1.11. The molecule has 0 aromatic rings. The molecule has 1 aliphatic rings. The lowest BCUT2D eigenvalue weighted by atomic mass is 10.2. The van der Waals surface area contributed by atoms with E-state index in [0.717, 1.165) is 12.4 Å². The first-order chi connectivity index (χ1) is 5.72. The molecule has 0 spiro atoms. The van der Waals surface area contributed by atoms with Crippen LogP contribution in [0.2, 0.25) is 0 Å². The van der Waals surface area contributed by atoms with E-state index in [1.165, 1.54) is 26.2 Å². The molecule has 1 saturated heterocycles. The summed E-state index contributed by atoms with van der Waals surface area (Å²) in [6.07, 6.45) is 0. The Hall–Kier alpha value is 0.210. The highest BCUT2D eigenvalue weighted by molar-refractivity contribution is 6.18. The van der Waals surface area contributed by atoms with Crippen LogP contribution in [-0.2, 0) is 0 Å². The predicted molar refractivity (Wildman–Crippen MR) is 53.8 cm³/mol. The van der Waals surface area contributed by atoms with Gasteiger partial charge in [0.05, 0.1) is 0 Å². The minimum Gasteiger partial charge on any atom is -0.304 e. The van der Waals surface area contributed by atoms with E-state index in [9.17, 15) is 0 Å². The van der Waals surface area contributed by atoms with Crippen LogP contribution >= 0.6 is 11.6 Å². The molecule has 0 amide bonds. The fourth-order valence-electron chi connectivity index (χ4n) is 1.52. The molecule has 1 atom stereocenters. The molecule has 0 saturated carbocycles. The van der Waals surface area contributed by atoms with E-state index in [0.29, 0.717) is 5.92 Å². The van der Waals surface area contributed by atoms with Crippen LogP contribution in [0.25, 0.3) is 0 Å². The zero-order valence-corrected chi connectivity index (χ0v) is 8.85. The van der Waals surface area contributed by atoms with Crippen molar-refractivity contribution in [1.82, 2.24) is 9.80 Å². The number of hydrogen-bond acceptors (Lipinski definition) is 2. The molecule has 0 aliphatic carbocycles. The quantitative estimate of drug-likeness (QED) is 0.616. The van der Waals surface area contributed by atoms with Gasteiger partial charge in [0.15, 0.2) is 0 Å². The second-order valence-electron chi connectivity index (χ2n) is 3.86. The van der Waals surface area contributed by atoms with Crippen LogP contribution in [0, 0.1) is 5.92 Å². The molecular weight excluding hydrogens is 172 g/mol. The molecule has 72 valence electrons. The third-order valence-electron chi connectivity index (χ3n) is 2.43. The first-order valence-corrected chi connectivity index (χ1v) is 5.22. The van der Waals surface area contributed by atoms with E-state index in [2.05, 4.69) is 23.8 Å². The standard InChI is InChI=1S/C9H19ClN2/c1-9(7-10)8-12-5-3-11(2)4-6-12/h9H,3-8H2,1-2H3/t9-/m0/s1. The molecule has 1 heterocycles. The molecule has 0 unspecified atom stereocenters. The van der Waals surface area contributed by atoms with E-state index in [1.54, 1.807) is 0 Å². The summed E-state index contributed by atoms with van der Waals surface area (Å²) in [5.74, 6) is 1.42. The smallest absolute Gasteiger partial charge is 0.0261 e. The van der Waals surface area contributed by atoms with E-state index in [1.807, 2.05) is 0 Å². The van der Waals surface area contributed by atoms with Gasteiger partial charge in [0.2, 0.25) is 0 Å². The lowest BCUT2D eigenvalue weighted by molar-refractivity contribution is 0.142. The molecular formula is C9H19ClN2. The number of hydrogen-bond donors (Lipinski definition) is 0. The van der Waals surface area contributed by atoms with Crippen molar-refractivity contribution in [2.24, 2.45) is 5.92 Å². The van der Waals surface area contributed by atoms with Crippen molar-refractivity contribution in [2.45, 2.75) is 6.92 Å². The summed E-state index contributed by atoms with van der Waals surface area (Å²) >= 11 is 5.76. The number of piperazine rings is 1. The van der Waals surface area contributed by atoms with Gasteiger partial charge < -0.3 is 9.80 Å². The van der Waals surface area contributed by atoms with Crippen LogP contribution in [0.15, 0.2) is 0 Å². The van der Waals surface area contributed by atoms with Gasteiger partial charge in [-0.2, -0.15) is 0 Å². The number of rotatable bonds is 3. The zero-order chi connectivity index (χ0) is 8.97. The molecule has 1 aliphatic heterocycles. The summed E-state index contributed by atoms with van der Waals surface area (Å²) < 4.78 is 0. The number of halogens is 1. The molecule has 0 radical (unpaired) electrons. The van der Waals surface area contributed by atoms with Gasteiger partial charge >= 0.3 is 0 Å². The molecule has 0 bridgehead atoms. The highest BCUT2D eigenvalue weighted by Gasteiger charge is 2.15. The Balaban J connectivity index is 2.17. The van der Waals surface area contributed by atoms with Gasteiger partial charge in [0.1, 0.15) is 0 Å². The summed E-state index contributed by atoms with van der Waals surface area (Å²) in [6, 6.07) is 0. The number of nitrogens with zero attached hydrogens (tertiary/aromatic N) is 2. The SMILES string of the molecule is C[C@@H](CCl)CN1CCN(C)CC1. The first kappa shape index (κ1) is 10.3. The Morgan fingerprint density at radius 2 is 1.83 bits per heavy atom. The fraction of sp³-hybridized carbons (Fsp3) is 1.00. The Morgan fingerprint density at radius 3 is 2.33 bits per heavy atom. The van der Waals surface area contributed by atoms with Crippen LogP contribution in [0.4, 0.5) is 0 Å². The highest BCUT2D eigenvalue weighted by Crippen LogP contribution is 2.05. The highest BCUT2D eigenvalue weighted by atomic mass is 35.5. The van der Waals surface area contributed by atoms with Crippen LogP contribution in [0.5, 0.6) is 0 Å². The van der Waals surface area contributed by atoms with Crippen LogP contribution < -0.4 is 0 Å². The first-order valence-electron chi connectivity index (χ1n) is 4.69. The summed E-state index contributed by atoms with van der Waals surface area (Å²) in [6.45, 7) is 8.20. The summed E-state index contributed by atoms with van der Waals surface area (Å²) in [7, 11) is 2.18. The third-order valence-corrected chi connectivity index (χ3v) is 2.96. The van der Waals surface area contributed by atoms with Crippen molar-refractivity contribution in [1.29, 1.82) is 0 Å². The number of alkyl halides is 1. The largest absolute Gasteiger partial charge is 0.304 e. The molecule has 0 aromatic carbocycles. The molecule has 12 heavy (non-hydrogen) atoms. The second-order valence-corrected chi connectivity index (χ2v) is 4.17. The summed E-state index contributed by atoms with van der Waals surface area (Å²) in [5.41, 5.74) is 0. The summed E-state index contributed by atoms with van der Waals surface area (Å²) in [4.78, 5) is 4.88. The van der Waals surface area contributed by atoms with E-state index >= 15 is 0 Å². The molecule has 1 fully saturated rings. The fourth-order valence-corrected chi connectivity index (χ4v) is 1.62. The zero-order valence-electron chi connectivity index (χ0n) is 8.09. The van der Waals surface area contributed by atoms with Gasteiger partial charge in [0.25, 0.3) is 0 Å². The average Bonchev–Trinajstić information content (AvgIpc) is 2.09.